The molecule has 2 N–H and O–H groups in total. The normalized spacial score (nSPS) is 17.5. The van der Waals surface area contributed by atoms with E-state index in [-0.39, 0.29) is 0 Å². The quantitative estimate of drug-likeness (QED) is 0.626. The molecule has 17 heavy (non-hydrogen) atoms. The number of rotatable bonds is 9. The van der Waals surface area contributed by atoms with Gasteiger partial charge in [0.15, 0.2) is 0 Å². The van der Waals surface area contributed by atoms with Crippen LogP contribution in [0.3, 0.4) is 0 Å². The molecule has 0 saturated heterocycles. The Morgan fingerprint density at radius 1 is 1.06 bits per heavy atom. The first-order chi connectivity index (χ1) is 8.24. The molecule has 0 bridgehead atoms. The number of nitrogens with two attached hydrogens (primary N) is 1. The fourth-order valence-corrected chi connectivity index (χ4v) is 2.97. The molecule has 1 saturated carbocycles. The minimum atomic E-state index is 0.805. The Labute approximate surface area is 108 Å². The number of hydrogen-bond donors (Lipinski definition) is 1. The maximum Gasteiger partial charge on any atom is 0.00953 e. The standard InChI is InChI=1S/C15H32N2/c1-14(2)13-17(15-9-5-6-10-15)12-8-4-3-7-11-16/h14-15H,3-13,16H2,1-2H3. The third kappa shape index (κ3) is 6.42. The van der Waals surface area contributed by atoms with Crippen molar-refractivity contribution in [2.45, 2.75) is 71.3 Å². The van der Waals surface area contributed by atoms with Gasteiger partial charge in [-0.05, 0) is 44.7 Å². The summed E-state index contributed by atoms with van der Waals surface area (Å²) in [4.78, 5) is 2.76. The fourth-order valence-electron chi connectivity index (χ4n) is 2.97. The number of unbranched alkanes of at least 4 members (excludes halogenated alkanes) is 3. The van der Waals surface area contributed by atoms with Crippen molar-refractivity contribution < 1.29 is 0 Å². The first kappa shape index (κ1) is 15.0. The van der Waals surface area contributed by atoms with Crippen LogP contribution >= 0.6 is 0 Å². The average molecular weight is 240 g/mol. The molecule has 2 nitrogen and oxygen atoms in total. The molecule has 0 aromatic carbocycles. The molecule has 0 aromatic rings. The highest BCUT2D eigenvalue weighted by Crippen LogP contribution is 2.24. The van der Waals surface area contributed by atoms with Gasteiger partial charge in [-0.25, -0.2) is 0 Å². The van der Waals surface area contributed by atoms with Crippen molar-refractivity contribution in [1.29, 1.82) is 0 Å². The molecule has 0 aliphatic heterocycles. The van der Waals surface area contributed by atoms with Crippen molar-refractivity contribution >= 4 is 0 Å². The summed E-state index contributed by atoms with van der Waals surface area (Å²) in [6, 6.07) is 0.895. The van der Waals surface area contributed by atoms with Gasteiger partial charge >= 0.3 is 0 Å². The van der Waals surface area contributed by atoms with Crippen LogP contribution in [0.2, 0.25) is 0 Å². The topological polar surface area (TPSA) is 29.3 Å². The van der Waals surface area contributed by atoms with Crippen molar-refractivity contribution in [2.75, 3.05) is 19.6 Å². The Hall–Kier alpha value is -0.0800. The van der Waals surface area contributed by atoms with E-state index < -0.39 is 0 Å². The highest BCUT2D eigenvalue weighted by atomic mass is 15.2. The Morgan fingerprint density at radius 2 is 1.71 bits per heavy atom. The van der Waals surface area contributed by atoms with Gasteiger partial charge in [-0.2, -0.15) is 0 Å². The van der Waals surface area contributed by atoms with Gasteiger partial charge in [-0.15, -0.1) is 0 Å². The van der Waals surface area contributed by atoms with Gasteiger partial charge in [-0.1, -0.05) is 39.5 Å². The highest BCUT2D eigenvalue weighted by molar-refractivity contribution is 4.78. The molecule has 1 aliphatic carbocycles. The molecule has 0 unspecified atom stereocenters. The van der Waals surface area contributed by atoms with Gasteiger partial charge in [0.05, 0.1) is 0 Å². The van der Waals surface area contributed by atoms with Gasteiger partial charge in [-0.3, -0.25) is 0 Å². The van der Waals surface area contributed by atoms with E-state index in [9.17, 15) is 0 Å². The van der Waals surface area contributed by atoms with Crippen LogP contribution in [0.5, 0.6) is 0 Å². The average Bonchev–Trinajstić information content (AvgIpc) is 2.80. The predicted molar refractivity (Wildman–Crippen MR) is 76.2 cm³/mol. The first-order valence-corrected chi connectivity index (χ1v) is 7.68. The Balaban J connectivity index is 2.20. The number of nitrogens with zero attached hydrogens (tertiary/aromatic N) is 1. The summed E-state index contributed by atoms with van der Waals surface area (Å²) in [7, 11) is 0. The fraction of sp³-hybridized carbons (Fsp3) is 1.00. The van der Waals surface area contributed by atoms with Crippen LogP contribution in [0.1, 0.15) is 65.2 Å². The summed E-state index contributed by atoms with van der Waals surface area (Å²) in [5, 5.41) is 0. The molecule has 1 rings (SSSR count). The Bertz CT molecular complexity index is 174. The number of hydrogen-bond acceptors (Lipinski definition) is 2. The zero-order chi connectivity index (χ0) is 12.5. The molecular formula is C15H32N2. The minimum Gasteiger partial charge on any atom is -0.330 e. The van der Waals surface area contributed by atoms with E-state index in [1.165, 1.54) is 64.5 Å². The summed E-state index contributed by atoms with van der Waals surface area (Å²) in [6.07, 6.45) is 11.0. The van der Waals surface area contributed by atoms with Crippen molar-refractivity contribution in [3.05, 3.63) is 0 Å². The second-order valence-electron chi connectivity index (χ2n) is 6.03. The molecule has 2 heteroatoms. The van der Waals surface area contributed by atoms with Gasteiger partial charge in [0.1, 0.15) is 0 Å². The summed E-state index contributed by atoms with van der Waals surface area (Å²) >= 11 is 0. The van der Waals surface area contributed by atoms with Crippen LogP contribution in [0.4, 0.5) is 0 Å². The molecule has 0 amide bonds. The highest BCUT2D eigenvalue weighted by Gasteiger charge is 2.22. The van der Waals surface area contributed by atoms with Crippen molar-refractivity contribution in [3.8, 4) is 0 Å². The second kappa shape index (κ2) is 8.93. The summed E-state index contributed by atoms with van der Waals surface area (Å²) in [5.74, 6) is 0.805. The second-order valence-corrected chi connectivity index (χ2v) is 6.03. The largest absolute Gasteiger partial charge is 0.330 e. The van der Waals surface area contributed by atoms with Crippen LogP contribution in [0, 0.1) is 5.92 Å². The van der Waals surface area contributed by atoms with Gasteiger partial charge < -0.3 is 10.6 Å². The monoisotopic (exact) mass is 240 g/mol. The van der Waals surface area contributed by atoms with Crippen LogP contribution in [-0.4, -0.2) is 30.6 Å². The van der Waals surface area contributed by atoms with E-state index in [1.54, 1.807) is 0 Å². The van der Waals surface area contributed by atoms with Crippen LogP contribution < -0.4 is 5.73 Å². The minimum absolute atomic E-state index is 0.805. The molecule has 0 heterocycles. The molecular weight excluding hydrogens is 208 g/mol. The summed E-state index contributed by atoms with van der Waals surface area (Å²) in [5.41, 5.74) is 5.53. The van der Waals surface area contributed by atoms with Gasteiger partial charge in [0, 0.05) is 12.6 Å². The molecule has 1 aliphatic rings. The SMILES string of the molecule is CC(C)CN(CCCCCCN)C1CCCC1. The predicted octanol–water partition coefficient (Wildman–Crippen LogP) is 3.41. The third-order valence-corrected chi connectivity index (χ3v) is 3.84. The van der Waals surface area contributed by atoms with E-state index in [2.05, 4.69) is 18.7 Å². The maximum absolute atomic E-state index is 5.53. The van der Waals surface area contributed by atoms with E-state index in [0.717, 1.165) is 18.5 Å². The Morgan fingerprint density at radius 3 is 2.29 bits per heavy atom. The lowest BCUT2D eigenvalue weighted by atomic mass is 10.1. The van der Waals surface area contributed by atoms with Gasteiger partial charge in [0.25, 0.3) is 0 Å². The molecule has 0 spiro atoms. The smallest absolute Gasteiger partial charge is 0.00953 e. The zero-order valence-corrected chi connectivity index (χ0v) is 12.0. The molecule has 0 atom stereocenters. The van der Waals surface area contributed by atoms with Crippen LogP contribution in [-0.2, 0) is 0 Å². The zero-order valence-electron chi connectivity index (χ0n) is 12.0. The van der Waals surface area contributed by atoms with E-state index in [0.29, 0.717) is 0 Å². The third-order valence-electron chi connectivity index (χ3n) is 3.84. The summed E-state index contributed by atoms with van der Waals surface area (Å²) < 4.78 is 0. The molecule has 1 fully saturated rings. The van der Waals surface area contributed by atoms with E-state index in [4.69, 9.17) is 5.73 Å². The molecule has 0 radical (unpaired) electrons. The van der Waals surface area contributed by atoms with Crippen molar-refractivity contribution in [3.63, 3.8) is 0 Å². The van der Waals surface area contributed by atoms with Crippen molar-refractivity contribution in [1.82, 2.24) is 4.90 Å². The molecule has 0 aromatic heterocycles. The lowest BCUT2D eigenvalue weighted by molar-refractivity contribution is 0.173. The van der Waals surface area contributed by atoms with E-state index in [1.807, 2.05) is 0 Å². The molecule has 102 valence electrons. The van der Waals surface area contributed by atoms with Crippen molar-refractivity contribution in [2.24, 2.45) is 11.7 Å². The lowest BCUT2D eigenvalue weighted by Crippen LogP contribution is -2.37. The van der Waals surface area contributed by atoms with Crippen LogP contribution in [0.15, 0.2) is 0 Å². The lowest BCUT2D eigenvalue weighted by Gasteiger charge is -2.30. The first-order valence-electron chi connectivity index (χ1n) is 7.68. The maximum atomic E-state index is 5.53. The van der Waals surface area contributed by atoms with Crippen LogP contribution in [0.25, 0.3) is 0 Å². The summed E-state index contributed by atoms with van der Waals surface area (Å²) in [6.45, 7) is 8.15. The Kier molecular flexibility index (Phi) is 7.87. The van der Waals surface area contributed by atoms with E-state index >= 15 is 0 Å². The van der Waals surface area contributed by atoms with Gasteiger partial charge in [0.2, 0.25) is 0 Å².